The highest BCUT2D eigenvalue weighted by atomic mass is 16.2. The zero-order valence-electron chi connectivity index (χ0n) is 15.2. The summed E-state index contributed by atoms with van der Waals surface area (Å²) in [5.41, 5.74) is 8.51. The summed E-state index contributed by atoms with van der Waals surface area (Å²) in [7, 11) is 0. The van der Waals surface area contributed by atoms with Gasteiger partial charge in [-0.2, -0.15) is 0 Å². The van der Waals surface area contributed by atoms with Crippen LogP contribution in [-0.4, -0.2) is 35.8 Å². The Kier molecular flexibility index (Phi) is 5.38. The quantitative estimate of drug-likeness (QED) is 0.889. The number of likely N-dealkylation sites (tertiary alicyclic amines) is 1. The maximum absolute atomic E-state index is 12.9. The first-order valence-corrected chi connectivity index (χ1v) is 8.97. The van der Waals surface area contributed by atoms with Crippen LogP contribution in [0.2, 0.25) is 0 Å². The Hall–Kier alpha value is -2.66. The molecule has 1 fully saturated rings. The molecule has 0 saturated carbocycles. The van der Waals surface area contributed by atoms with Crippen molar-refractivity contribution in [1.82, 2.24) is 4.90 Å². The van der Waals surface area contributed by atoms with Crippen LogP contribution in [0.15, 0.2) is 48.5 Å². The third kappa shape index (κ3) is 3.78. The Morgan fingerprint density at radius 3 is 2.54 bits per heavy atom. The molecule has 3 rings (SSSR count). The molecule has 26 heavy (non-hydrogen) atoms. The van der Waals surface area contributed by atoms with E-state index in [0.717, 1.165) is 12.0 Å². The van der Waals surface area contributed by atoms with Crippen molar-refractivity contribution in [3.05, 3.63) is 65.2 Å². The Balaban J connectivity index is 1.79. The molecule has 2 aromatic carbocycles. The molecular formula is C21H25N3O2. The zero-order valence-corrected chi connectivity index (χ0v) is 15.2. The van der Waals surface area contributed by atoms with E-state index in [4.69, 9.17) is 5.73 Å². The molecule has 1 aliphatic heterocycles. The second kappa shape index (κ2) is 7.70. The summed E-state index contributed by atoms with van der Waals surface area (Å²) >= 11 is 0. The molecule has 136 valence electrons. The zero-order chi connectivity index (χ0) is 18.7. The molecule has 0 aliphatic carbocycles. The number of nitrogens with one attached hydrogen (secondary N) is 1. The fourth-order valence-electron chi connectivity index (χ4n) is 3.44. The number of hydrogen-bond acceptors (Lipinski definition) is 3. The molecule has 3 N–H and O–H groups in total. The number of aryl methyl sites for hydroxylation is 1. The van der Waals surface area contributed by atoms with Gasteiger partial charge in [-0.3, -0.25) is 9.59 Å². The molecule has 0 radical (unpaired) electrons. The third-order valence-corrected chi connectivity index (χ3v) is 5.02. The van der Waals surface area contributed by atoms with Crippen molar-refractivity contribution in [2.24, 2.45) is 11.7 Å². The lowest BCUT2D eigenvalue weighted by Crippen LogP contribution is -2.34. The number of carbonyl (C=O) groups is 2. The molecule has 1 aliphatic rings. The molecular weight excluding hydrogens is 326 g/mol. The van der Waals surface area contributed by atoms with E-state index in [0.29, 0.717) is 35.8 Å². The fraction of sp³-hybridized carbons (Fsp3) is 0.333. The smallest absolute Gasteiger partial charge is 0.255 e. The lowest BCUT2D eigenvalue weighted by molar-refractivity contribution is 0.0743. The van der Waals surface area contributed by atoms with Crippen LogP contribution in [0, 0.1) is 12.8 Å². The van der Waals surface area contributed by atoms with E-state index >= 15 is 0 Å². The molecule has 1 heterocycles. The van der Waals surface area contributed by atoms with Crippen LogP contribution in [0.1, 0.15) is 39.6 Å². The number of hydrogen-bond donors (Lipinski definition) is 2. The van der Waals surface area contributed by atoms with Gasteiger partial charge in [-0.25, -0.2) is 0 Å². The number of carbonyl (C=O) groups excluding carboxylic acids is 2. The maximum Gasteiger partial charge on any atom is 0.255 e. The summed E-state index contributed by atoms with van der Waals surface area (Å²) in [6.07, 6.45) is 0.936. The van der Waals surface area contributed by atoms with Crippen molar-refractivity contribution in [2.45, 2.75) is 26.3 Å². The van der Waals surface area contributed by atoms with Gasteiger partial charge in [-0.05, 0) is 62.6 Å². The summed E-state index contributed by atoms with van der Waals surface area (Å²) in [6, 6.07) is 14.7. The highest BCUT2D eigenvalue weighted by Crippen LogP contribution is 2.26. The average molecular weight is 351 g/mol. The molecule has 0 aromatic heterocycles. The fourth-order valence-corrected chi connectivity index (χ4v) is 3.44. The number of nitrogens with zero attached hydrogens (tertiary/aromatic N) is 1. The molecule has 2 atom stereocenters. The van der Waals surface area contributed by atoms with E-state index in [9.17, 15) is 9.59 Å². The van der Waals surface area contributed by atoms with Gasteiger partial charge in [0.25, 0.3) is 11.8 Å². The molecule has 2 unspecified atom stereocenters. The summed E-state index contributed by atoms with van der Waals surface area (Å²) in [5.74, 6) is 0.163. The lowest BCUT2D eigenvalue weighted by Gasteiger charge is -2.22. The second-order valence-electron chi connectivity index (χ2n) is 6.99. The van der Waals surface area contributed by atoms with Gasteiger partial charge in [0, 0.05) is 29.4 Å². The molecule has 0 bridgehead atoms. The summed E-state index contributed by atoms with van der Waals surface area (Å²) in [5, 5.41) is 2.91. The van der Waals surface area contributed by atoms with Crippen molar-refractivity contribution < 1.29 is 9.59 Å². The number of amides is 2. The van der Waals surface area contributed by atoms with Crippen LogP contribution >= 0.6 is 0 Å². The van der Waals surface area contributed by atoms with Gasteiger partial charge in [-0.1, -0.05) is 24.3 Å². The topological polar surface area (TPSA) is 75.4 Å². The standard InChI is InChI=1S/C21H25N3O2/c1-14-8-9-18(21(26)24-13-16(12-22)10-15(24)2)11-19(14)23-20(25)17-6-4-3-5-7-17/h3-9,11,15-16H,10,12-13,22H2,1-2H3,(H,23,25). The van der Waals surface area contributed by atoms with Gasteiger partial charge in [-0.15, -0.1) is 0 Å². The van der Waals surface area contributed by atoms with Crippen LogP contribution in [0.25, 0.3) is 0 Å². The van der Waals surface area contributed by atoms with Crippen LogP contribution < -0.4 is 11.1 Å². The van der Waals surface area contributed by atoms with E-state index < -0.39 is 0 Å². The van der Waals surface area contributed by atoms with Crippen LogP contribution in [-0.2, 0) is 0 Å². The number of rotatable bonds is 4. The van der Waals surface area contributed by atoms with Gasteiger partial charge in [0.1, 0.15) is 0 Å². The van der Waals surface area contributed by atoms with Crippen molar-refractivity contribution >= 4 is 17.5 Å². The summed E-state index contributed by atoms with van der Waals surface area (Å²) in [4.78, 5) is 27.2. The highest BCUT2D eigenvalue weighted by molar-refractivity contribution is 6.05. The Labute approximate surface area is 154 Å². The number of nitrogens with two attached hydrogens (primary N) is 1. The minimum Gasteiger partial charge on any atom is -0.336 e. The average Bonchev–Trinajstić information content (AvgIpc) is 3.04. The van der Waals surface area contributed by atoms with Crippen LogP contribution in [0.5, 0.6) is 0 Å². The van der Waals surface area contributed by atoms with Gasteiger partial charge in [0.2, 0.25) is 0 Å². The SMILES string of the molecule is Cc1ccc(C(=O)N2CC(CN)CC2C)cc1NC(=O)c1ccccc1. The van der Waals surface area contributed by atoms with Gasteiger partial charge in [0.05, 0.1) is 0 Å². The Morgan fingerprint density at radius 1 is 1.15 bits per heavy atom. The van der Waals surface area contributed by atoms with Crippen molar-refractivity contribution in [2.75, 3.05) is 18.4 Å². The van der Waals surface area contributed by atoms with E-state index in [2.05, 4.69) is 12.2 Å². The maximum atomic E-state index is 12.9. The second-order valence-corrected chi connectivity index (χ2v) is 6.99. The molecule has 5 heteroatoms. The van der Waals surface area contributed by atoms with Gasteiger partial charge in [0.15, 0.2) is 0 Å². The summed E-state index contributed by atoms with van der Waals surface area (Å²) < 4.78 is 0. The monoisotopic (exact) mass is 351 g/mol. The minimum absolute atomic E-state index is 0.0105. The van der Waals surface area contributed by atoms with E-state index in [1.165, 1.54) is 0 Å². The number of anilines is 1. The van der Waals surface area contributed by atoms with Crippen molar-refractivity contribution in [3.63, 3.8) is 0 Å². The lowest BCUT2D eigenvalue weighted by atomic mass is 10.1. The molecule has 5 nitrogen and oxygen atoms in total. The first-order valence-electron chi connectivity index (χ1n) is 8.97. The summed E-state index contributed by atoms with van der Waals surface area (Å²) in [6.45, 7) is 5.26. The van der Waals surface area contributed by atoms with E-state index in [-0.39, 0.29) is 17.9 Å². The normalized spacial score (nSPS) is 19.4. The van der Waals surface area contributed by atoms with E-state index in [1.54, 1.807) is 18.2 Å². The number of benzene rings is 2. The minimum atomic E-state index is -0.184. The van der Waals surface area contributed by atoms with Crippen molar-refractivity contribution in [1.29, 1.82) is 0 Å². The predicted molar refractivity (Wildman–Crippen MR) is 103 cm³/mol. The largest absolute Gasteiger partial charge is 0.336 e. The first kappa shape index (κ1) is 18.1. The van der Waals surface area contributed by atoms with Gasteiger partial charge >= 0.3 is 0 Å². The molecule has 1 saturated heterocycles. The molecule has 0 spiro atoms. The van der Waals surface area contributed by atoms with E-state index in [1.807, 2.05) is 42.2 Å². The first-order chi connectivity index (χ1) is 12.5. The Morgan fingerprint density at radius 2 is 1.88 bits per heavy atom. The van der Waals surface area contributed by atoms with Crippen molar-refractivity contribution in [3.8, 4) is 0 Å². The van der Waals surface area contributed by atoms with Crippen LogP contribution in [0.4, 0.5) is 5.69 Å². The predicted octanol–water partition coefficient (Wildman–Crippen LogP) is 3.06. The molecule has 2 aromatic rings. The molecule has 2 amide bonds. The third-order valence-electron chi connectivity index (χ3n) is 5.02. The van der Waals surface area contributed by atoms with Crippen LogP contribution in [0.3, 0.4) is 0 Å². The van der Waals surface area contributed by atoms with Gasteiger partial charge < -0.3 is 16.0 Å². The Bertz CT molecular complexity index is 804. The highest BCUT2D eigenvalue weighted by Gasteiger charge is 2.32.